The minimum Gasteiger partial charge on any atom is -0.381 e. The van der Waals surface area contributed by atoms with Crippen molar-refractivity contribution in [3.8, 4) is 0 Å². The molecule has 0 spiro atoms. The Balaban J connectivity index is 1.80. The maximum atomic E-state index is 12.0. The van der Waals surface area contributed by atoms with Gasteiger partial charge in [-0.05, 0) is 30.7 Å². The zero-order chi connectivity index (χ0) is 15.0. The van der Waals surface area contributed by atoms with E-state index in [0.717, 1.165) is 10.6 Å². The van der Waals surface area contributed by atoms with E-state index in [-0.39, 0.29) is 11.8 Å². The first-order valence-electron chi connectivity index (χ1n) is 6.82. The fraction of sp³-hybridized carbons (Fsp3) is 0.176. The van der Waals surface area contributed by atoms with Crippen LogP contribution in [0, 0.1) is 6.92 Å². The molecule has 2 aromatic rings. The van der Waals surface area contributed by atoms with Crippen LogP contribution in [-0.4, -0.2) is 23.8 Å². The average Bonchev–Trinajstić information content (AvgIpc) is 2.70. The number of fused-ring (bicyclic) bond motifs is 1. The Kier molecular flexibility index (Phi) is 3.22. The minimum atomic E-state index is -0.241. The standard InChI is InChI=1S/C17H16N2O2/c1-11-4-3-5-12(8-11)10-18-13-6-7-14-15(9-13)17(21)19(2)16(14)20/h3-9,18H,10H2,1-2H3. The van der Waals surface area contributed by atoms with Gasteiger partial charge >= 0.3 is 0 Å². The highest BCUT2D eigenvalue weighted by Gasteiger charge is 2.32. The van der Waals surface area contributed by atoms with Gasteiger partial charge in [-0.2, -0.15) is 0 Å². The lowest BCUT2D eigenvalue weighted by atomic mass is 10.1. The molecule has 0 aromatic heterocycles. The van der Waals surface area contributed by atoms with Crippen LogP contribution in [0.4, 0.5) is 5.69 Å². The molecule has 1 aliphatic heterocycles. The van der Waals surface area contributed by atoms with Gasteiger partial charge in [-0.3, -0.25) is 14.5 Å². The lowest BCUT2D eigenvalue weighted by Crippen LogP contribution is -2.24. The molecule has 1 aliphatic rings. The summed E-state index contributed by atoms with van der Waals surface area (Å²) in [6, 6.07) is 13.5. The van der Waals surface area contributed by atoms with Crippen molar-refractivity contribution in [3.63, 3.8) is 0 Å². The molecule has 0 bridgehead atoms. The topological polar surface area (TPSA) is 49.4 Å². The molecule has 0 saturated carbocycles. The number of rotatable bonds is 3. The maximum absolute atomic E-state index is 12.0. The zero-order valence-corrected chi connectivity index (χ0v) is 12.0. The highest BCUT2D eigenvalue weighted by atomic mass is 16.2. The summed E-state index contributed by atoms with van der Waals surface area (Å²) in [4.78, 5) is 24.9. The summed E-state index contributed by atoms with van der Waals surface area (Å²) in [5.41, 5.74) is 4.17. The van der Waals surface area contributed by atoms with Crippen molar-refractivity contribution >= 4 is 17.5 Å². The predicted octanol–water partition coefficient (Wildman–Crippen LogP) is 2.83. The van der Waals surface area contributed by atoms with E-state index in [1.807, 2.05) is 12.1 Å². The van der Waals surface area contributed by atoms with Crippen LogP contribution in [0.3, 0.4) is 0 Å². The quantitative estimate of drug-likeness (QED) is 0.880. The molecule has 0 unspecified atom stereocenters. The third-order valence-electron chi connectivity index (χ3n) is 3.67. The highest BCUT2D eigenvalue weighted by Crippen LogP contribution is 2.25. The van der Waals surface area contributed by atoms with Crippen LogP contribution in [0.1, 0.15) is 31.8 Å². The van der Waals surface area contributed by atoms with Gasteiger partial charge in [0.2, 0.25) is 0 Å². The number of aryl methyl sites for hydroxylation is 1. The number of hydrogen-bond donors (Lipinski definition) is 1. The molecule has 0 radical (unpaired) electrons. The summed E-state index contributed by atoms with van der Waals surface area (Å²) in [5, 5.41) is 3.29. The first-order chi connectivity index (χ1) is 10.1. The largest absolute Gasteiger partial charge is 0.381 e. The van der Waals surface area contributed by atoms with E-state index < -0.39 is 0 Å². The normalized spacial score (nSPS) is 13.5. The second kappa shape index (κ2) is 5.05. The summed E-state index contributed by atoms with van der Waals surface area (Å²) < 4.78 is 0. The molecule has 4 nitrogen and oxygen atoms in total. The van der Waals surface area contributed by atoms with Crippen LogP contribution in [0.2, 0.25) is 0 Å². The number of amides is 2. The van der Waals surface area contributed by atoms with Gasteiger partial charge < -0.3 is 5.32 Å². The zero-order valence-electron chi connectivity index (χ0n) is 12.0. The van der Waals surface area contributed by atoms with Crippen molar-refractivity contribution < 1.29 is 9.59 Å². The van der Waals surface area contributed by atoms with Crippen LogP contribution < -0.4 is 5.32 Å². The van der Waals surface area contributed by atoms with Crippen LogP contribution in [0.5, 0.6) is 0 Å². The Hall–Kier alpha value is -2.62. The summed E-state index contributed by atoms with van der Waals surface area (Å²) in [6.07, 6.45) is 0. The van der Waals surface area contributed by atoms with E-state index in [0.29, 0.717) is 17.7 Å². The van der Waals surface area contributed by atoms with E-state index in [2.05, 4.69) is 30.4 Å². The molecule has 1 N–H and O–H groups in total. The fourth-order valence-corrected chi connectivity index (χ4v) is 2.50. The van der Waals surface area contributed by atoms with Crippen molar-refractivity contribution in [1.82, 2.24) is 4.90 Å². The third kappa shape index (κ3) is 2.40. The lowest BCUT2D eigenvalue weighted by Gasteiger charge is -2.08. The molecule has 0 aliphatic carbocycles. The molecule has 0 fully saturated rings. The summed E-state index contributed by atoms with van der Waals surface area (Å²) in [5.74, 6) is -0.477. The Morgan fingerprint density at radius 3 is 2.52 bits per heavy atom. The van der Waals surface area contributed by atoms with Gasteiger partial charge in [-0.1, -0.05) is 29.8 Å². The van der Waals surface area contributed by atoms with Crippen molar-refractivity contribution in [2.24, 2.45) is 0 Å². The SMILES string of the molecule is Cc1cccc(CNc2ccc3c(c2)C(=O)N(C)C3=O)c1. The summed E-state index contributed by atoms with van der Waals surface area (Å²) in [7, 11) is 1.50. The summed E-state index contributed by atoms with van der Waals surface area (Å²) in [6.45, 7) is 2.73. The smallest absolute Gasteiger partial charge is 0.261 e. The molecule has 3 rings (SSSR count). The average molecular weight is 280 g/mol. The molecule has 4 heteroatoms. The molecular formula is C17H16N2O2. The lowest BCUT2D eigenvalue weighted by molar-refractivity contribution is 0.0693. The van der Waals surface area contributed by atoms with Crippen molar-refractivity contribution in [3.05, 3.63) is 64.7 Å². The fourth-order valence-electron chi connectivity index (χ4n) is 2.50. The van der Waals surface area contributed by atoms with Gasteiger partial charge in [0, 0.05) is 19.3 Å². The second-order valence-electron chi connectivity index (χ2n) is 5.27. The monoisotopic (exact) mass is 280 g/mol. The number of carbonyl (C=O) groups excluding carboxylic acids is 2. The summed E-state index contributed by atoms with van der Waals surface area (Å²) >= 11 is 0. The Labute approximate surface area is 123 Å². The molecule has 0 saturated heterocycles. The number of hydrogen-bond acceptors (Lipinski definition) is 3. The third-order valence-corrected chi connectivity index (χ3v) is 3.67. The molecule has 21 heavy (non-hydrogen) atoms. The van der Waals surface area contributed by atoms with Crippen molar-refractivity contribution in [2.75, 3.05) is 12.4 Å². The van der Waals surface area contributed by atoms with E-state index >= 15 is 0 Å². The van der Waals surface area contributed by atoms with E-state index in [4.69, 9.17) is 0 Å². The van der Waals surface area contributed by atoms with Gasteiger partial charge in [0.1, 0.15) is 0 Å². The number of carbonyl (C=O) groups is 2. The van der Waals surface area contributed by atoms with Gasteiger partial charge in [-0.15, -0.1) is 0 Å². The molecule has 106 valence electrons. The minimum absolute atomic E-state index is 0.236. The second-order valence-corrected chi connectivity index (χ2v) is 5.27. The number of anilines is 1. The molecular weight excluding hydrogens is 264 g/mol. The van der Waals surface area contributed by atoms with Gasteiger partial charge in [0.25, 0.3) is 11.8 Å². The maximum Gasteiger partial charge on any atom is 0.261 e. The number of imide groups is 1. The number of nitrogens with one attached hydrogen (secondary N) is 1. The Morgan fingerprint density at radius 1 is 1.00 bits per heavy atom. The van der Waals surface area contributed by atoms with Crippen molar-refractivity contribution in [2.45, 2.75) is 13.5 Å². The Morgan fingerprint density at radius 2 is 1.76 bits per heavy atom. The number of benzene rings is 2. The van der Waals surface area contributed by atoms with Crippen LogP contribution in [-0.2, 0) is 6.54 Å². The van der Waals surface area contributed by atoms with Gasteiger partial charge in [0.15, 0.2) is 0 Å². The van der Waals surface area contributed by atoms with Crippen molar-refractivity contribution in [1.29, 1.82) is 0 Å². The molecule has 1 heterocycles. The molecule has 0 atom stereocenters. The van der Waals surface area contributed by atoms with E-state index in [9.17, 15) is 9.59 Å². The first-order valence-corrected chi connectivity index (χ1v) is 6.82. The molecule has 2 aromatic carbocycles. The number of nitrogens with zero attached hydrogens (tertiary/aromatic N) is 1. The first kappa shape index (κ1) is 13.4. The predicted molar refractivity (Wildman–Crippen MR) is 81.4 cm³/mol. The highest BCUT2D eigenvalue weighted by molar-refractivity contribution is 6.21. The molecule has 2 amide bonds. The van der Waals surface area contributed by atoms with Gasteiger partial charge in [0.05, 0.1) is 11.1 Å². The van der Waals surface area contributed by atoms with Crippen LogP contribution in [0.25, 0.3) is 0 Å². The van der Waals surface area contributed by atoms with Crippen LogP contribution >= 0.6 is 0 Å². The van der Waals surface area contributed by atoms with Gasteiger partial charge in [-0.25, -0.2) is 0 Å². The van der Waals surface area contributed by atoms with Crippen LogP contribution in [0.15, 0.2) is 42.5 Å². The van der Waals surface area contributed by atoms with E-state index in [1.54, 1.807) is 12.1 Å². The Bertz CT molecular complexity index is 737. The van der Waals surface area contributed by atoms with E-state index in [1.165, 1.54) is 18.2 Å².